The molecule has 1 aliphatic rings. The third-order valence-corrected chi connectivity index (χ3v) is 5.45. The maximum absolute atomic E-state index is 13.2. The summed E-state index contributed by atoms with van der Waals surface area (Å²) in [5.74, 6) is -1.27. The fourth-order valence-electron chi connectivity index (χ4n) is 3.68. The van der Waals surface area contributed by atoms with Crippen LogP contribution in [0.15, 0.2) is 82.9 Å². The fourth-order valence-corrected chi connectivity index (χ4v) is 3.68. The van der Waals surface area contributed by atoms with E-state index in [1.165, 1.54) is 19.3 Å². The number of benzodiazepines with no additional fused rings is 1. The van der Waals surface area contributed by atoms with Crippen molar-refractivity contribution in [3.05, 3.63) is 101 Å². The Morgan fingerprint density at radius 1 is 1.18 bits per heavy atom. The Morgan fingerprint density at radius 3 is 2.62 bits per heavy atom. The molecule has 39 heavy (non-hydrogen) atoms. The monoisotopic (exact) mass is 536 g/mol. The number of halogens is 3. The number of benzene rings is 2. The van der Waals surface area contributed by atoms with Gasteiger partial charge in [0, 0.05) is 30.0 Å². The van der Waals surface area contributed by atoms with Crippen LogP contribution in [-0.2, 0) is 20.4 Å². The van der Waals surface area contributed by atoms with Crippen molar-refractivity contribution in [3.8, 4) is 0 Å². The number of carbonyl (C=O) groups is 1. The van der Waals surface area contributed by atoms with Gasteiger partial charge in [-0.3, -0.25) is 10.2 Å². The molecule has 0 radical (unpaired) electrons. The highest BCUT2D eigenvalue weighted by Crippen LogP contribution is 2.30. The minimum atomic E-state index is -4.64. The van der Waals surface area contributed by atoms with Gasteiger partial charge in [-0.2, -0.15) is 18.2 Å². The lowest BCUT2D eigenvalue weighted by atomic mass is 10.0. The summed E-state index contributed by atoms with van der Waals surface area (Å²) < 4.78 is 49.8. The summed E-state index contributed by atoms with van der Waals surface area (Å²) in [4.78, 5) is 25.3. The summed E-state index contributed by atoms with van der Waals surface area (Å²) in [6, 6.07) is 16.5. The Labute approximate surface area is 221 Å². The van der Waals surface area contributed by atoms with E-state index in [4.69, 9.17) is 20.6 Å². The van der Waals surface area contributed by atoms with Crippen molar-refractivity contribution < 1.29 is 27.4 Å². The first-order valence-electron chi connectivity index (χ1n) is 11.5. The van der Waals surface area contributed by atoms with Crippen LogP contribution in [0, 0.1) is 5.41 Å². The van der Waals surface area contributed by atoms with Crippen molar-refractivity contribution in [2.45, 2.75) is 12.3 Å². The zero-order valence-electron chi connectivity index (χ0n) is 20.6. The van der Waals surface area contributed by atoms with Crippen LogP contribution in [0.4, 0.5) is 18.9 Å². The van der Waals surface area contributed by atoms with Gasteiger partial charge in [0.2, 0.25) is 12.1 Å². The number of alkyl halides is 3. The molecule has 0 fully saturated rings. The number of amidine groups is 1. The van der Waals surface area contributed by atoms with E-state index in [2.05, 4.69) is 20.3 Å². The number of aliphatic imine (C=N–C) groups is 2. The molecule has 2 aromatic carbocycles. The highest BCUT2D eigenvalue weighted by atomic mass is 19.4. The number of pyridine rings is 1. The molecule has 1 unspecified atom stereocenters. The standard InChI is InChI=1S/C27H23F3N6O3/c1-38-13-7-10-17-14-18(27(28,29)30)15-33-22(17)23(31)39-26(32)36-24-25(37)34-20-12-6-5-11-19(20)21(35-24)16-8-3-2-4-9-16/h2-12,14-15,24,31H,13H2,1H3,(H2,32,36)(H,34,37)/b10-7+,31-23?. The number of fused-ring (bicyclic) bond motifs is 1. The van der Waals surface area contributed by atoms with E-state index < -0.39 is 35.7 Å². The van der Waals surface area contributed by atoms with Gasteiger partial charge in [0.1, 0.15) is 5.69 Å². The van der Waals surface area contributed by atoms with Gasteiger partial charge in [-0.1, -0.05) is 60.7 Å². The number of methoxy groups -OCH3 is 1. The molecule has 0 spiro atoms. The van der Waals surface area contributed by atoms with Crippen molar-refractivity contribution in [2.75, 3.05) is 19.0 Å². The van der Waals surface area contributed by atoms with Crippen LogP contribution < -0.4 is 11.1 Å². The number of hydrogen-bond donors (Lipinski definition) is 3. The number of para-hydroxylation sites is 1. The van der Waals surface area contributed by atoms with Crippen LogP contribution in [0.1, 0.15) is 27.9 Å². The Morgan fingerprint density at radius 2 is 1.90 bits per heavy atom. The summed E-state index contributed by atoms with van der Waals surface area (Å²) in [6.07, 6.45) is -2.65. The van der Waals surface area contributed by atoms with Crippen molar-refractivity contribution in [3.63, 3.8) is 0 Å². The molecule has 3 aromatic rings. The summed E-state index contributed by atoms with van der Waals surface area (Å²) in [6.45, 7) is 0.119. The maximum atomic E-state index is 13.2. The number of amides is 1. The number of aromatic nitrogens is 1. The summed E-state index contributed by atoms with van der Waals surface area (Å²) >= 11 is 0. The van der Waals surface area contributed by atoms with Crippen molar-refractivity contribution in [1.82, 2.24) is 4.98 Å². The third-order valence-electron chi connectivity index (χ3n) is 5.45. The zero-order chi connectivity index (χ0) is 28.0. The average Bonchev–Trinajstić information content (AvgIpc) is 3.04. The number of anilines is 1. The first kappa shape index (κ1) is 27.2. The van der Waals surface area contributed by atoms with Gasteiger partial charge in [0.25, 0.3) is 11.9 Å². The van der Waals surface area contributed by atoms with Crippen molar-refractivity contribution >= 4 is 35.3 Å². The second-order valence-corrected chi connectivity index (χ2v) is 8.17. The Balaban J connectivity index is 1.65. The number of hydrogen-bond acceptors (Lipinski definition) is 7. The van der Waals surface area contributed by atoms with Gasteiger partial charge in [0.15, 0.2) is 0 Å². The zero-order valence-corrected chi connectivity index (χ0v) is 20.6. The van der Waals surface area contributed by atoms with Crippen LogP contribution in [0.2, 0.25) is 0 Å². The predicted octanol–water partition coefficient (Wildman–Crippen LogP) is 4.23. The lowest BCUT2D eigenvalue weighted by Crippen LogP contribution is -2.29. The van der Waals surface area contributed by atoms with E-state index in [1.807, 2.05) is 36.4 Å². The van der Waals surface area contributed by atoms with Gasteiger partial charge < -0.3 is 20.5 Å². The first-order chi connectivity index (χ1) is 18.7. The van der Waals surface area contributed by atoms with Crippen LogP contribution in [0.3, 0.4) is 0 Å². The Kier molecular flexibility index (Phi) is 8.15. The topological polar surface area (TPSA) is 135 Å². The van der Waals surface area contributed by atoms with Gasteiger partial charge in [-0.15, -0.1) is 0 Å². The van der Waals surface area contributed by atoms with Gasteiger partial charge in [0.05, 0.1) is 23.6 Å². The smallest absolute Gasteiger partial charge is 0.405 e. The van der Waals surface area contributed by atoms with E-state index in [1.54, 1.807) is 18.2 Å². The highest BCUT2D eigenvalue weighted by molar-refractivity contribution is 6.19. The SMILES string of the molecule is COC/C=C/c1cc(C(F)(F)F)cnc1C(=N)O/C(N)=N/C1N=C(c2ccccc2)c2ccccc2NC1=O. The largest absolute Gasteiger partial charge is 0.417 e. The molecule has 0 saturated carbocycles. The number of ether oxygens (including phenoxy) is 2. The lowest BCUT2D eigenvalue weighted by molar-refractivity contribution is -0.137. The molecule has 2 heterocycles. The Bertz CT molecular complexity index is 1470. The van der Waals surface area contributed by atoms with Crippen LogP contribution in [-0.4, -0.2) is 48.4 Å². The van der Waals surface area contributed by atoms with Crippen LogP contribution in [0.25, 0.3) is 6.08 Å². The van der Waals surface area contributed by atoms with Crippen LogP contribution in [0.5, 0.6) is 0 Å². The molecular weight excluding hydrogens is 513 g/mol. The number of carbonyl (C=O) groups excluding carboxylic acids is 1. The normalized spacial score (nSPS) is 15.8. The molecule has 200 valence electrons. The molecule has 1 amide bonds. The third kappa shape index (κ3) is 6.54. The molecule has 1 aliphatic heterocycles. The van der Waals surface area contributed by atoms with Gasteiger partial charge >= 0.3 is 6.18 Å². The van der Waals surface area contributed by atoms with Gasteiger partial charge in [-0.05, 0) is 12.1 Å². The van der Waals surface area contributed by atoms with Crippen molar-refractivity contribution in [2.24, 2.45) is 15.7 Å². The molecule has 4 N–H and O–H groups in total. The quantitative estimate of drug-likeness (QED) is 0.320. The fraction of sp³-hybridized carbons (Fsp3) is 0.148. The molecule has 0 saturated heterocycles. The average molecular weight is 537 g/mol. The molecule has 1 atom stereocenters. The second kappa shape index (κ2) is 11.7. The molecule has 0 bridgehead atoms. The minimum Gasteiger partial charge on any atom is -0.405 e. The van der Waals surface area contributed by atoms with E-state index >= 15 is 0 Å². The summed E-state index contributed by atoms with van der Waals surface area (Å²) in [5.41, 5.74) is 7.04. The number of nitrogens with one attached hydrogen (secondary N) is 2. The molecule has 4 rings (SSSR count). The summed E-state index contributed by atoms with van der Waals surface area (Å²) in [7, 11) is 1.42. The molecule has 0 aliphatic carbocycles. The number of nitrogens with zero attached hydrogens (tertiary/aromatic N) is 3. The maximum Gasteiger partial charge on any atom is 0.417 e. The van der Waals surface area contributed by atoms with E-state index in [0.717, 1.165) is 11.6 Å². The minimum absolute atomic E-state index is 0.0493. The second-order valence-electron chi connectivity index (χ2n) is 8.17. The molecular formula is C27H23F3N6O3. The number of rotatable bonds is 6. The van der Waals surface area contributed by atoms with E-state index in [0.29, 0.717) is 23.2 Å². The Hall–Kier alpha value is -4.84. The van der Waals surface area contributed by atoms with Crippen LogP contribution >= 0.6 is 0 Å². The highest BCUT2D eigenvalue weighted by Gasteiger charge is 2.32. The molecule has 9 nitrogen and oxygen atoms in total. The van der Waals surface area contributed by atoms with Crippen molar-refractivity contribution in [1.29, 1.82) is 5.41 Å². The van der Waals surface area contributed by atoms with E-state index in [9.17, 15) is 18.0 Å². The summed E-state index contributed by atoms with van der Waals surface area (Å²) in [5, 5.41) is 11.0. The molecule has 1 aromatic heterocycles. The lowest BCUT2D eigenvalue weighted by Gasteiger charge is -2.12. The number of nitrogens with two attached hydrogens (primary N) is 1. The predicted molar refractivity (Wildman–Crippen MR) is 141 cm³/mol. The van der Waals surface area contributed by atoms with E-state index in [-0.39, 0.29) is 17.9 Å². The molecule has 12 heteroatoms. The van der Waals surface area contributed by atoms with Gasteiger partial charge in [-0.25, -0.2) is 9.98 Å². The first-order valence-corrected chi connectivity index (χ1v) is 11.5.